The smallest absolute Gasteiger partial charge is 0.159 e. The Morgan fingerprint density at radius 3 is 1.79 bits per heavy atom. The Kier molecular flexibility index (Phi) is 4.82. The summed E-state index contributed by atoms with van der Waals surface area (Å²) in [4.78, 5) is 0. The fourth-order valence-electron chi connectivity index (χ4n) is 3.42. The first kappa shape index (κ1) is 19.1. The molecular formula is C24H15F5. The van der Waals surface area contributed by atoms with Crippen molar-refractivity contribution in [1.82, 2.24) is 0 Å². The van der Waals surface area contributed by atoms with Gasteiger partial charge < -0.3 is 0 Å². The molecule has 0 saturated heterocycles. The maximum absolute atomic E-state index is 14.8. The second kappa shape index (κ2) is 7.32. The molecule has 29 heavy (non-hydrogen) atoms. The molecule has 0 aromatic heterocycles. The monoisotopic (exact) mass is 398 g/mol. The molecule has 0 amide bonds. The summed E-state index contributed by atoms with van der Waals surface area (Å²) in [5, 5.41) is 0.891. The molecule has 0 aliphatic heterocycles. The van der Waals surface area contributed by atoms with Crippen molar-refractivity contribution in [2.24, 2.45) is 0 Å². The van der Waals surface area contributed by atoms with Crippen LogP contribution < -0.4 is 0 Å². The number of hydrogen-bond donors (Lipinski definition) is 0. The third-order valence-corrected chi connectivity index (χ3v) is 4.96. The molecule has 0 N–H and O–H groups in total. The maximum Gasteiger partial charge on any atom is 0.159 e. The lowest BCUT2D eigenvalue weighted by Crippen LogP contribution is -1.95. The molecule has 0 aliphatic rings. The van der Waals surface area contributed by atoms with Crippen molar-refractivity contribution < 1.29 is 22.0 Å². The van der Waals surface area contributed by atoms with Crippen molar-refractivity contribution in [2.45, 2.75) is 13.3 Å². The van der Waals surface area contributed by atoms with E-state index in [0.29, 0.717) is 28.3 Å². The Hall–Kier alpha value is -3.21. The molecule has 0 nitrogen and oxygen atoms in total. The zero-order valence-electron chi connectivity index (χ0n) is 15.4. The summed E-state index contributed by atoms with van der Waals surface area (Å²) in [6.45, 7) is 1.78. The van der Waals surface area contributed by atoms with Crippen LogP contribution in [0.15, 0.2) is 60.7 Å². The third-order valence-electron chi connectivity index (χ3n) is 4.96. The van der Waals surface area contributed by atoms with Crippen LogP contribution >= 0.6 is 0 Å². The number of hydrogen-bond acceptors (Lipinski definition) is 0. The molecule has 5 heteroatoms. The number of aryl methyl sites for hydroxylation is 1. The molecule has 146 valence electrons. The lowest BCUT2D eigenvalue weighted by molar-refractivity contribution is 0.511. The second-order valence-corrected chi connectivity index (χ2v) is 6.81. The van der Waals surface area contributed by atoms with Gasteiger partial charge in [0.25, 0.3) is 0 Å². The Morgan fingerprint density at radius 1 is 0.552 bits per heavy atom. The maximum atomic E-state index is 14.8. The molecule has 0 fully saturated rings. The average molecular weight is 398 g/mol. The van der Waals surface area contributed by atoms with Crippen LogP contribution in [0.4, 0.5) is 22.0 Å². The summed E-state index contributed by atoms with van der Waals surface area (Å²) < 4.78 is 70.4. The second-order valence-electron chi connectivity index (χ2n) is 6.81. The molecule has 0 radical (unpaired) electrons. The van der Waals surface area contributed by atoms with E-state index in [1.54, 1.807) is 19.1 Å². The molecule has 4 aromatic carbocycles. The van der Waals surface area contributed by atoms with Gasteiger partial charge in [-0.3, -0.25) is 0 Å². The van der Waals surface area contributed by atoms with Crippen molar-refractivity contribution >= 4 is 10.8 Å². The van der Waals surface area contributed by atoms with E-state index in [0.717, 1.165) is 18.2 Å². The Labute approximate surface area is 164 Å². The standard InChI is InChI=1S/C24H15F5/c1-2-13-7-22(28)24(23(29)8-13)16-5-6-18(19(25)11-16)15-4-3-14-10-20(26)21(27)12-17(14)9-15/h3-12H,2H2,1H3. The summed E-state index contributed by atoms with van der Waals surface area (Å²) in [6.07, 6.45) is 0.480. The zero-order valence-corrected chi connectivity index (χ0v) is 15.4. The van der Waals surface area contributed by atoms with Gasteiger partial charge in [0.1, 0.15) is 17.5 Å². The molecule has 0 bridgehead atoms. The number of fused-ring (bicyclic) bond motifs is 1. The quantitative estimate of drug-likeness (QED) is 0.315. The molecule has 0 spiro atoms. The van der Waals surface area contributed by atoms with Gasteiger partial charge >= 0.3 is 0 Å². The van der Waals surface area contributed by atoms with Crippen molar-refractivity contribution in [1.29, 1.82) is 0 Å². The highest BCUT2D eigenvalue weighted by molar-refractivity contribution is 5.88. The van der Waals surface area contributed by atoms with E-state index in [1.165, 1.54) is 30.3 Å². The molecule has 0 atom stereocenters. The lowest BCUT2D eigenvalue weighted by Gasteiger charge is -2.11. The van der Waals surface area contributed by atoms with Crippen LogP contribution in [0.1, 0.15) is 12.5 Å². The summed E-state index contributed by atoms with van der Waals surface area (Å²) in [6, 6.07) is 13.2. The van der Waals surface area contributed by atoms with Crippen molar-refractivity contribution in [2.75, 3.05) is 0 Å². The van der Waals surface area contributed by atoms with Crippen LogP contribution in [0.3, 0.4) is 0 Å². The molecule has 0 saturated carbocycles. The predicted octanol–water partition coefficient (Wildman–Crippen LogP) is 7.43. The number of halogens is 5. The Balaban J connectivity index is 1.79. The Morgan fingerprint density at radius 2 is 1.17 bits per heavy atom. The lowest BCUT2D eigenvalue weighted by atomic mass is 9.96. The largest absolute Gasteiger partial charge is 0.206 e. The highest BCUT2D eigenvalue weighted by Crippen LogP contribution is 2.33. The van der Waals surface area contributed by atoms with Gasteiger partial charge in [0.2, 0.25) is 0 Å². The van der Waals surface area contributed by atoms with Crippen LogP contribution in [0.25, 0.3) is 33.0 Å². The first-order valence-corrected chi connectivity index (χ1v) is 9.04. The minimum atomic E-state index is -0.994. The fraction of sp³-hybridized carbons (Fsp3) is 0.0833. The minimum Gasteiger partial charge on any atom is -0.206 e. The van der Waals surface area contributed by atoms with Crippen molar-refractivity contribution in [3.63, 3.8) is 0 Å². The Bertz CT molecular complexity index is 1220. The van der Waals surface area contributed by atoms with Crippen LogP contribution in [0, 0.1) is 29.1 Å². The van der Waals surface area contributed by atoms with Gasteiger partial charge in [0.15, 0.2) is 11.6 Å². The van der Waals surface area contributed by atoms with E-state index in [-0.39, 0.29) is 16.7 Å². The van der Waals surface area contributed by atoms with Gasteiger partial charge in [-0.2, -0.15) is 0 Å². The van der Waals surface area contributed by atoms with Crippen LogP contribution in [0.2, 0.25) is 0 Å². The summed E-state index contributed by atoms with van der Waals surface area (Å²) >= 11 is 0. The first-order valence-electron chi connectivity index (χ1n) is 9.04. The summed E-state index contributed by atoms with van der Waals surface area (Å²) in [5.74, 6) is -4.14. The number of benzene rings is 4. The predicted molar refractivity (Wildman–Crippen MR) is 104 cm³/mol. The van der Waals surface area contributed by atoms with Gasteiger partial charge in [-0.1, -0.05) is 31.2 Å². The van der Waals surface area contributed by atoms with Crippen LogP contribution in [0.5, 0.6) is 0 Å². The van der Waals surface area contributed by atoms with E-state index in [4.69, 9.17) is 0 Å². The van der Waals surface area contributed by atoms with E-state index < -0.39 is 29.1 Å². The van der Waals surface area contributed by atoms with Gasteiger partial charge in [-0.05, 0) is 70.3 Å². The third kappa shape index (κ3) is 3.48. The number of rotatable bonds is 3. The fourth-order valence-corrected chi connectivity index (χ4v) is 3.42. The van der Waals surface area contributed by atoms with Gasteiger partial charge in [0, 0.05) is 5.56 Å². The molecular weight excluding hydrogens is 383 g/mol. The molecule has 4 aromatic rings. The van der Waals surface area contributed by atoms with Gasteiger partial charge in [-0.25, -0.2) is 22.0 Å². The van der Waals surface area contributed by atoms with Crippen LogP contribution in [-0.2, 0) is 6.42 Å². The van der Waals surface area contributed by atoms with Gasteiger partial charge in [0.05, 0.1) is 5.56 Å². The van der Waals surface area contributed by atoms with E-state index in [9.17, 15) is 22.0 Å². The van der Waals surface area contributed by atoms with Crippen molar-refractivity contribution in [3.8, 4) is 22.3 Å². The summed E-state index contributed by atoms with van der Waals surface area (Å²) in [5.41, 5.74) is 0.934. The molecule has 0 heterocycles. The topological polar surface area (TPSA) is 0 Å². The van der Waals surface area contributed by atoms with Crippen molar-refractivity contribution in [3.05, 3.63) is 95.3 Å². The highest BCUT2D eigenvalue weighted by atomic mass is 19.2. The molecule has 4 rings (SSSR count). The van der Waals surface area contributed by atoms with Crippen LogP contribution in [-0.4, -0.2) is 0 Å². The minimum absolute atomic E-state index is 0.0813. The van der Waals surface area contributed by atoms with Gasteiger partial charge in [-0.15, -0.1) is 0 Å². The zero-order chi connectivity index (χ0) is 20.7. The van der Waals surface area contributed by atoms with E-state index in [1.807, 2.05) is 0 Å². The highest BCUT2D eigenvalue weighted by Gasteiger charge is 2.16. The average Bonchev–Trinajstić information content (AvgIpc) is 2.68. The first-order chi connectivity index (χ1) is 13.9. The van der Waals surface area contributed by atoms with E-state index >= 15 is 0 Å². The SMILES string of the molecule is CCc1cc(F)c(-c2ccc(-c3ccc4cc(F)c(F)cc4c3)c(F)c2)c(F)c1. The van der Waals surface area contributed by atoms with E-state index in [2.05, 4.69) is 0 Å². The summed E-state index contributed by atoms with van der Waals surface area (Å²) in [7, 11) is 0. The normalized spacial score (nSPS) is 11.2. The molecule has 0 aliphatic carbocycles. The molecule has 0 unspecified atom stereocenters.